The van der Waals surface area contributed by atoms with E-state index in [-0.39, 0.29) is 18.9 Å². The zero-order valence-electron chi connectivity index (χ0n) is 8.48. The molecule has 0 fully saturated rings. The van der Waals surface area contributed by atoms with E-state index in [0.717, 1.165) is 5.56 Å². The zero-order valence-corrected chi connectivity index (χ0v) is 8.48. The number of benzene rings is 1. The molecule has 0 saturated heterocycles. The van der Waals surface area contributed by atoms with Crippen LogP contribution in [0.3, 0.4) is 0 Å². The number of hydrogen-bond acceptors (Lipinski definition) is 3. The first kappa shape index (κ1) is 11.5. The van der Waals surface area contributed by atoms with Crippen molar-refractivity contribution in [3.63, 3.8) is 0 Å². The molecule has 0 bridgehead atoms. The van der Waals surface area contributed by atoms with Crippen LogP contribution in [0.5, 0.6) is 5.75 Å². The summed E-state index contributed by atoms with van der Waals surface area (Å²) in [5, 5.41) is 8.60. The summed E-state index contributed by atoms with van der Waals surface area (Å²) in [5.74, 6) is 0.276. The van der Waals surface area contributed by atoms with Crippen LogP contribution in [0.4, 0.5) is 0 Å². The molecule has 0 unspecified atom stereocenters. The summed E-state index contributed by atoms with van der Waals surface area (Å²) in [6.45, 7) is 0.532. The lowest BCUT2D eigenvalue weighted by Crippen LogP contribution is -2.14. The molecule has 82 valence electrons. The Morgan fingerprint density at radius 2 is 2.13 bits per heavy atom. The van der Waals surface area contributed by atoms with Crippen LogP contribution < -0.4 is 10.5 Å². The van der Waals surface area contributed by atoms with E-state index in [2.05, 4.69) is 0 Å². The van der Waals surface area contributed by atoms with Gasteiger partial charge < -0.3 is 15.6 Å². The summed E-state index contributed by atoms with van der Waals surface area (Å²) in [7, 11) is 0. The Balaban J connectivity index is 2.64. The van der Waals surface area contributed by atoms with Gasteiger partial charge in [-0.15, -0.1) is 0 Å². The number of nitrogens with two attached hydrogens (primary N) is 1. The van der Waals surface area contributed by atoms with Gasteiger partial charge in [-0.2, -0.15) is 0 Å². The number of carbonyl (C=O) groups is 1. The van der Waals surface area contributed by atoms with Gasteiger partial charge in [-0.1, -0.05) is 18.2 Å². The Morgan fingerprint density at radius 3 is 2.80 bits per heavy atom. The van der Waals surface area contributed by atoms with E-state index >= 15 is 0 Å². The third-order valence-corrected chi connectivity index (χ3v) is 1.90. The lowest BCUT2D eigenvalue weighted by molar-refractivity contribution is -0.117. The van der Waals surface area contributed by atoms with Crippen LogP contribution in [0.2, 0.25) is 0 Å². The predicted molar refractivity (Wildman–Crippen MR) is 56.5 cm³/mol. The highest BCUT2D eigenvalue weighted by molar-refractivity contribution is 5.77. The highest BCUT2D eigenvalue weighted by Crippen LogP contribution is 2.18. The molecule has 0 aromatic heterocycles. The molecule has 0 atom stereocenters. The van der Waals surface area contributed by atoms with Crippen LogP contribution in [-0.2, 0) is 11.2 Å². The predicted octanol–water partition coefficient (Wildman–Crippen LogP) is 0.476. The van der Waals surface area contributed by atoms with Crippen molar-refractivity contribution in [3.05, 3.63) is 29.8 Å². The van der Waals surface area contributed by atoms with Crippen molar-refractivity contribution in [1.82, 2.24) is 0 Å². The number of aliphatic hydroxyl groups is 1. The first-order valence-corrected chi connectivity index (χ1v) is 4.84. The number of rotatable bonds is 6. The SMILES string of the molecule is NC(=O)Cc1ccccc1OCCCO. The average molecular weight is 209 g/mol. The van der Waals surface area contributed by atoms with E-state index in [0.29, 0.717) is 18.8 Å². The first-order chi connectivity index (χ1) is 7.24. The van der Waals surface area contributed by atoms with Crippen molar-refractivity contribution in [2.24, 2.45) is 5.73 Å². The molecule has 0 radical (unpaired) electrons. The zero-order chi connectivity index (χ0) is 11.1. The van der Waals surface area contributed by atoms with Gasteiger partial charge in [-0.25, -0.2) is 0 Å². The van der Waals surface area contributed by atoms with E-state index in [1.54, 1.807) is 12.1 Å². The number of hydrogen-bond donors (Lipinski definition) is 2. The number of amides is 1. The van der Waals surface area contributed by atoms with Crippen molar-refractivity contribution in [2.45, 2.75) is 12.8 Å². The molecule has 0 spiro atoms. The van der Waals surface area contributed by atoms with Gasteiger partial charge in [-0.05, 0) is 6.07 Å². The Morgan fingerprint density at radius 1 is 1.40 bits per heavy atom. The second kappa shape index (κ2) is 6.03. The minimum atomic E-state index is -0.381. The first-order valence-electron chi connectivity index (χ1n) is 4.84. The lowest BCUT2D eigenvalue weighted by atomic mass is 10.1. The summed E-state index contributed by atoms with van der Waals surface area (Å²) in [4.78, 5) is 10.8. The quantitative estimate of drug-likeness (QED) is 0.669. The monoisotopic (exact) mass is 209 g/mol. The molecule has 0 saturated carbocycles. The Kier molecular flexibility index (Phi) is 4.63. The average Bonchev–Trinajstić information content (AvgIpc) is 2.20. The number of ether oxygens (including phenoxy) is 1. The molecule has 15 heavy (non-hydrogen) atoms. The summed E-state index contributed by atoms with van der Waals surface area (Å²) >= 11 is 0. The van der Waals surface area contributed by atoms with E-state index in [1.165, 1.54) is 0 Å². The van der Waals surface area contributed by atoms with Gasteiger partial charge in [0.05, 0.1) is 13.0 Å². The molecule has 0 aliphatic carbocycles. The number of para-hydroxylation sites is 1. The highest BCUT2D eigenvalue weighted by atomic mass is 16.5. The highest BCUT2D eigenvalue weighted by Gasteiger charge is 2.05. The second-order valence-electron chi connectivity index (χ2n) is 3.18. The minimum Gasteiger partial charge on any atom is -0.493 e. The molecular formula is C11H15NO3. The molecule has 1 aromatic rings. The van der Waals surface area contributed by atoms with Gasteiger partial charge in [0.25, 0.3) is 0 Å². The van der Waals surface area contributed by atoms with E-state index < -0.39 is 0 Å². The molecular weight excluding hydrogens is 194 g/mol. The Labute approximate surface area is 88.7 Å². The van der Waals surface area contributed by atoms with Crippen molar-refractivity contribution >= 4 is 5.91 Å². The third-order valence-electron chi connectivity index (χ3n) is 1.90. The second-order valence-corrected chi connectivity index (χ2v) is 3.18. The maximum Gasteiger partial charge on any atom is 0.221 e. The van der Waals surface area contributed by atoms with Crippen molar-refractivity contribution in [2.75, 3.05) is 13.2 Å². The van der Waals surface area contributed by atoms with Crippen molar-refractivity contribution in [3.8, 4) is 5.75 Å². The van der Waals surface area contributed by atoms with Crippen LogP contribution in [0, 0.1) is 0 Å². The van der Waals surface area contributed by atoms with E-state index in [9.17, 15) is 4.79 Å². The third kappa shape index (κ3) is 3.99. The topological polar surface area (TPSA) is 72.6 Å². The number of carbonyl (C=O) groups excluding carboxylic acids is 1. The fourth-order valence-corrected chi connectivity index (χ4v) is 1.23. The van der Waals surface area contributed by atoms with Crippen LogP contribution in [-0.4, -0.2) is 24.2 Å². The van der Waals surface area contributed by atoms with Crippen LogP contribution in [0.15, 0.2) is 24.3 Å². The fourth-order valence-electron chi connectivity index (χ4n) is 1.23. The number of aliphatic hydroxyl groups excluding tert-OH is 1. The normalized spacial score (nSPS) is 9.93. The summed E-state index contributed by atoms with van der Waals surface area (Å²) < 4.78 is 5.41. The summed E-state index contributed by atoms with van der Waals surface area (Å²) in [6.07, 6.45) is 0.750. The van der Waals surface area contributed by atoms with Gasteiger partial charge in [0.1, 0.15) is 5.75 Å². The standard InChI is InChI=1S/C11H15NO3/c12-11(14)8-9-4-1-2-5-10(9)15-7-3-6-13/h1-2,4-5,13H,3,6-8H2,(H2,12,14). The van der Waals surface area contributed by atoms with Crippen molar-refractivity contribution in [1.29, 1.82) is 0 Å². The van der Waals surface area contributed by atoms with E-state index in [4.69, 9.17) is 15.6 Å². The largest absolute Gasteiger partial charge is 0.493 e. The fraction of sp³-hybridized carbons (Fsp3) is 0.364. The summed E-state index contributed by atoms with van der Waals surface area (Å²) in [5.41, 5.74) is 5.89. The van der Waals surface area contributed by atoms with Gasteiger partial charge in [0, 0.05) is 18.6 Å². The smallest absolute Gasteiger partial charge is 0.221 e. The van der Waals surface area contributed by atoms with E-state index in [1.807, 2.05) is 12.1 Å². The molecule has 0 aliphatic heterocycles. The summed E-state index contributed by atoms with van der Waals surface area (Å²) in [6, 6.07) is 7.25. The van der Waals surface area contributed by atoms with Gasteiger partial charge >= 0.3 is 0 Å². The molecule has 1 amide bonds. The van der Waals surface area contributed by atoms with Crippen LogP contribution >= 0.6 is 0 Å². The molecule has 1 aromatic carbocycles. The van der Waals surface area contributed by atoms with Gasteiger partial charge in [-0.3, -0.25) is 4.79 Å². The van der Waals surface area contributed by atoms with Crippen LogP contribution in [0.25, 0.3) is 0 Å². The Hall–Kier alpha value is -1.55. The molecule has 0 aliphatic rings. The minimum absolute atomic E-state index is 0.0952. The van der Waals surface area contributed by atoms with Crippen LogP contribution in [0.1, 0.15) is 12.0 Å². The number of primary amides is 1. The lowest BCUT2D eigenvalue weighted by Gasteiger charge is -2.09. The van der Waals surface area contributed by atoms with Gasteiger partial charge in [0.15, 0.2) is 0 Å². The maximum atomic E-state index is 10.8. The molecule has 0 heterocycles. The molecule has 4 nitrogen and oxygen atoms in total. The van der Waals surface area contributed by atoms with Crippen molar-refractivity contribution < 1.29 is 14.6 Å². The molecule has 3 N–H and O–H groups in total. The molecule has 1 rings (SSSR count). The Bertz CT molecular complexity index is 325. The van der Waals surface area contributed by atoms with Gasteiger partial charge in [0.2, 0.25) is 5.91 Å². The maximum absolute atomic E-state index is 10.8. The molecule has 4 heteroatoms.